The van der Waals surface area contributed by atoms with Crippen molar-refractivity contribution in [2.45, 2.75) is 38.7 Å². The van der Waals surface area contributed by atoms with Crippen molar-refractivity contribution in [1.82, 2.24) is 5.43 Å². The van der Waals surface area contributed by atoms with Crippen LogP contribution in [0.15, 0.2) is 65.8 Å². The van der Waals surface area contributed by atoms with Gasteiger partial charge < -0.3 is 14.6 Å². The van der Waals surface area contributed by atoms with Crippen LogP contribution in [0.2, 0.25) is 5.02 Å². The fourth-order valence-electron chi connectivity index (χ4n) is 3.58. The number of aromatic hydroxyl groups is 1. The van der Waals surface area contributed by atoms with Crippen LogP contribution in [0.1, 0.15) is 43.0 Å². The molecule has 1 heterocycles. The first kappa shape index (κ1) is 23.6. The Morgan fingerprint density at radius 2 is 1.94 bits per heavy atom. The highest BCUT2D eigenvalue weighted by Crippen LogP contribution is 2.36. The Hall–Kier alpha value is -3.51. The molecule has 1 aliphatic heterocycles. The highest BCUT2D eigenvalue weighted by atomic mass is 35.5. The van der Waals surface area contributed by atoms with E-state index in [4.69, 9.17) is 21.1 Å². The number of carbonyl (C=O) groups is 1. The van der Waals surface area contributed by atoms with Gasteiger partial charge in [-0.15, -0.1) is 0 Å². The minimum atomic E-state index is -0.833. The summed E-state index contributed by atoms with van der Waals surface area (Å²) >= 11 is 6.25. The second-order valence-electron chi connectivity index (χ2n) is 9.22. The maximum absolute atomic E-state index is 12.6. The van der Waals surface area contributed by atoms with Crippen LogP contribution in [0.25, 0.3) is 0 Å². The van der Waals surface area contributed by atoms with Crippen molar-refractivity contribution in [2.24, 2.45) is 5.10 Å². The lowest BCUT2D eigenvalue weighted by atomic mass is 9.87. The maximum atomic E-state index is 12.6. The number of phenolic OH excluding ortho intramolecular Hbond substituents is 1. The van der Waals surface area contributed by atoms with Gasteiger partial charge >= 0.3 is 0 Å². The van der Waals surface area contributed by atoms with Gasteiger partial charge in [0.2, 0.25) is 6.10 Å². The van der Waals surface area contributed by atoms with Crippen molar-refractivity contribution in [2.75, 3.05) is 6.61 Å². The van der Waals surface area contributed by atoms with E-state index >= 15 is 0 Å². The Bertz CT molecular complexity index is 1230. The zero-order chi connectivity index (χ0) is 24.3. The molecular weight excluding hydrogens is 452 g/mol. The number of hydrogen-bond donors (Lipinski definition) is 2. The Labute approximate surface area is 204 Å². The molecule has 0 bridgehead atoms. The first-order chi connectivity index (χ1) is 16.2. The molecule has 1 unspecified atom stereocenters. The number of ether oxygens (including phenoxy) is 2. The van der Waals surface area contributed by atoms with E-state index < -0.39 is 12.0 Å². The lowest BCUT2D eigenvalue weighted by Crippen LogP contribution is -2.42. The van der Waals surface area contributed by atoms with Crippen molar-refractivity contribution >= 4 is 23.7 Å². The van der Waals surface area contributed by atoms with Gasteiger partial charge in [0.25, 0.3) is 5.91 Å². The van der Waals surface area contributed by atoms with Crippen LogP contribution in [0.5, 0.6) is 17.2 Å². The van der Waals surface area contributed by atoms with E-state index in [0.29, 0.717) is 28.5 Å². The number of amides is 1. The molecule has 0 aliphatic carbocycles. The van der Waals surface area contributed by atoms with E-state index in [1.807, 2.05) is 48.5 Å². The van der Waals surface area contributed by atoms with Gasteiger partial charge in [0.05, 0.1) is 6.21 Å². The Morgan fingerprint density at radius 3 is 2.71 bits per heavy atom. The summed E-state index contributed by atoms with van der Waals surface area (Å²) in [6.45, 7) is 6.41. The second-order valence-corrected chi connectivity index (χ2v) is 9.63. The number of carbonyl (C=O) groups excluding carboxylic acids is 1. The molecule has 0 aromatic heterocycles. The van der Waals surface area contributed by atoms with Crippen molar-refractivity contribution < 1.29 is 19.4 Å². The highest BCUT2D eigenvalue weighted by molar-refractivity contribution is 6.31. The highest BCUT2D eigenvalue weighted by Gasteiger charge is 2.28. The molecule has 0 radical (unpaired) electrons. The van der Waals surface area contributed by atoms with Crippen LogP contribution in [-0.2, 0) is 16.6 Å². The van der Waals surface area contributed by atoms with Gasteiger partial charge in [0, 0.05) is 10.6 Å². The van der Waals surface area contributed by atoms with Crippen LogP contribution in [0.4, 0.5) is 0 Å². The number of phenols is 1. The predicted molar refractivity (Wildman–Crippen MR) is 133 cm³/mol. The largest absolute Gasteiger partial charge is 0.507 e. The molecule has 0 saturated heterocycles. The van der Waals surface area contributed by atoms with Crippen molar-refractivity contribution in [3.8, 4) is 17.2 Å². The molecule has 2 N–H and O–H groups in total. The minimum Gasteiger partial charge on any atom is -0.507 e. The molecule has 4 rings (SSSR count). The van der Waals surface area contributed by atoms with E-state index in [2.05, 4.69) is 31.3 Å². The van der Waals surface area contributed by atoms with E-state index in [1.165, 1.54) is 6.21 Å². The van der Waals surface area contributed by atoms with Gasteiger partial charge in [0.15, 0.2) is 11.5 Å². The van der Waals surface area contributed by atoms with E-state index in [9.17, 15) is 9.90 Å². The molecule has 3 aromatic carbocycles. The monoisotopic (exact) mass is 478 g/mol. The number of rotatable bonds is 5. The molecule has 34 heavy (non-hydrogen) atoms. The van der Waals surface area contributed by atoms with Crippen LogP contribution < -0.4 is 14.9 Å². The molecule has 7 heteroatoms. The van der Waals surface area contributed by atoms with Gasteiger partial charge in [-0.2, -0.15) is 5.10 Å². The zero-order valence-corrected chi connectivity index (χ0v) is 20.1. The smallest absolute Gasteiger partial charge is 0.284 e. The SMILES string of the molecule is CC(C)(C)c1ccc2c(c1)OC(C(=O)N/N=C\c1cc(Cc3ccccc3Cl)ccc1O)CO2. The molecule has 1 atom stereocenters. The minimum absolute atomic E-state index is 0.0553. The third-order valence-electron chi connectivity index (χ3n) is 5.58. The number of nitrogens with zero attached hydrogens (tertiary/aromatic N) is 1. The number of hydrogen-bond acceptors (Lipinski definition) is 5. The van der Waals surface area contributed by atoms with Crippen molar-refractivity contribution in [1.29, 1.82) is 0 Å². The average Bonchev–Trinajstić information content (AvgIpc) is 2.81. The topological polar surface area (TPSA) is 80.2 Å². The summed E-state index contributed by atoms with van der Waals surface area (Å²) in [5.41, 5.74) is 5.92. The zero-order valence-electron chi connectivity index (χ0n) is 19.3. The Kier molecular flexibility index (Phi) is 6.80. The predicted octanol–water partition coefficient (Wildman–Crippen LogP) is 5.22. The molecule has 0 fully saturated rings. The van der Waals surface area contributed by atoms with Crippen molar-refractivity contribution in [3.63, 3.8) is 0 Å². The number of benzene rings is 3. The normalized spacial score (nSPS) is 15.4. The van der Waals surface area contributed by atoms with Gasteiger partial charge in [-0.05, 0) is 58.9 Å². The van der Waals surface area contributed by atoms with Crippen LogP contribution in [0.3, 0.4) is 0 Å². The summed E-state index contributed by atoms with van der Waals surface area (Å²) < 4.78 is 11.6. The summed E-state index contributed by atoms with van der Waals surface area (Å²) in [5, 5.41) is 14.9. The van der Waals surface area contributed by atoms with Gasteiger partial charge in [0.1, 0.15) is 12.4 Å². The van der Waals surface area contributed by atoms with Crippen LogP contribution in [-0.4, -0.2) is 29.9 Å². The second kappa shape index (κ2) is 9.77. The molecule has 1 aliphatic rings. The molecule has 6 nitrogen and oxygen atoms in total. The summed E-state index contributed by atoms with van der Waals surface area (Å²) in [6, 6.07) is 18.6. The quantitative estimate of drug-likeness (QED) is 0.389. The van der Waals surface area contributed by atoms with Gasteiger partial charge in [-0.1, -0.05) is 62.7 Å². The van der Waals surface area contributed by atoms with Gasteiger partial charge in [-0.3, -0.25) is 4.79 Å². The fraction of sp³-hybridized carbons (Fsp3) is 0.259. The number of nitrogens with one attached hydrogen (secondary N) is 1. The van der Waals surface area contributed by atoms with E-state index in [0.717, 1.165) is 16.7 Å². The number of halogens is 1. The molecule has 0 spiro atoms. The fourth-order valence-corrected chi connectivity index (χ4v) is 3.79. The Balaban J connectivity index is 1.41. The lowest BCUT2D eigenvalue weighted by molar-refractivity contribution is -0.130. The first-order valence-electron chi connectivity index (χ1n) is 11.0. The molecule has 0 saturated carbocycles. The summed E-state index contributed by atoms with van der Waals surface area (Å²) in [6.07, 6.45) is 1.18. The average molecular weight is 479 g/mol. The third kappa shape index (κ3) is 5.51. The Morgan fingerprint density at radius 1 is 1.15 bits per heavy atom. The molecular formula is C27H27ClN2O4. The van der Waals surface area contributed by atoms with Crippen LogP contribution in [0, 0.1) is 0 Å². The first-order valence-corrected chi connectivity index (χ1v) is 11.4. The summed E-state index contributed by atoms with van der Waals surface area (Å²) in [7, 11) is 0. The van der Waals surface area contributed by atoms with Crippen molar-refractivity contribution in [3.05, 3.63) is 87.9 Å². The molecule has 3 aromatic rings. The summed E-state index contributed by atoms with van der Waals surface area (Å²) in [5.74, 6) is 0.769. The number of hydrazone groups is 1. The van der Waals surface area contributed by atoms with E-state index in [-0.39, 0.29) is 17.8 Å². The van der Waals surface area contributed by atoms with Gasteiger partial charge in [-0.25, -0.2) is 5.43 Å². The van der Waals surface area contributed by atoms with Crippen LogP contribution >= 0.6 is 11.6 Å². The summed E-state index contributed by atoms with van der Waals surface area (Å²) in [4.78, 5) is 12.6. The lowest BCUT2D eigenvalue weighted by Gasteiger charge is -2.27. The maximum Gasteiger partial charge on any atom is 0.284 e. The molecule has 1 amide bonds. The van der Waals surface area contributed by atoms with E-state index in [1.54, 1.807) is 12.1 Å². The molecule has 176 valence electrons. The number of fused-ring (bicyclic) bond motifs is 1. The standard InChI is InChI=1S/C27H27ClN2O4/c1-27(2,3)20-9-11-23-24(14-20)34-25(16-33-23)26(32)30-29-15-19-13-17(8-10-22(19)31)12-18-6-4-5-7-21(18)28/h4-11,13-15,25,31H,12,16H2,1-3H3,(H,30,32)/b29-15-. The third-order valence-corrected chi connectivity index (χ3v) is 5.95.